The fourth-order valence-corrected chi connectivity index (χ4v) is 6.27. The molecule has 8 heteroatoms. The molecule has 1 unspecified atom stereocenters. The van der Waals surface area contributed by atoms with Crippen molar-refractivity contribution in [2.75, 3.05) is 7.11 Å². The average molecular weight is 484 g/mol. The first-order valence-electron chi connectivity index (χ1n) is 11.7. The first-order valence-corrected chi connectivity index (χ1v) is 12.6. The lowest BCUT2D eigenvalue weighted by atomic mass is 9.93. The second kappa shape index (κ2) is 9.20. The number of hydrogen-bond acceptors (Lipinski definition) is 7. The van der Waals surface area contributed by atoms with Crippen molar-refractivity contribution < 1.29 is 4.74 Å². The summed E-state index contributed by atoms with van der Waals surface area (Å²) in [5, 5.41) is 14.4. The Labute approximate surface area is 206 Å². The summed E-state index contributed by atoms with van der Waals surface area (Å²) < 4.78 is 7.37. The molecule has 7 nitrogen and oxygen atoms in total. The Balaban J connectivity index is 1.31. The van der Waals surface area contributed by atoms with Gasteiger partial charge in [-0.15, -0.1) is 11.3 Å². The monoisotopic (exact) mass is 483 g/mol. The van der Waals surface area contributed by atoms with Gasteiger partial charge in [0.2, 0.25) is 0 Å². The van der Waals surface area contributed by atoms with E-state index < -0.39 is 0 Å². The molecular formula is C27H25N5O2S. The number of fused-ring (bicyclic) bond motifs is 4. The zero-order chi connectivity index (χ0) is 23.8. The standard InChI is InChI=1S/C27H25N5O2S/c1-34-23-9-6-18-4-2-3-5-20(18)22(23)15-32-16-29-26-25(27(32)33)21-8-7-19(12-24(21)35-26)28-13-17-10-11-30-31-14-17/h2-6,9-11,14,16,19,28H,7-8,12-13,15H2,1H3. The maximum atomic E-state index is 13.7. The zero-order valence-electron chi connectivity index (χ0n) is 19.4. The molecule has 1 atom stereocenters. The summed E-state index contributed by atoms with van der Waals surface area (Å²) in [5.41, 5.74) is 3.31. The predicted molar refractivity (Wildman–Crippen MR) is 138 cm³/mol. The Kier molecular flexibility index (Phi) is 5.75. The molecule has 6 rings (SSSR count). The lowest BCUT2D eigenvalue weighted by molar-refractivity contribution is 0.409. The third-order valence-electron chi connectivity index (χ3n) is 6.82. The summed E-state index contributed by atoms with van der Waals surface area (Å²) >= 11 is 1.65. The van der Waals surface area contributed by atoms with Gasteiger partial charge in [0.05, 0.1) is 31.6 Å². The van der Waals surface area contributed by atoms with E-state index in [-0.39, 0.29) is 5.56 Å². The highest BCUT2D eigenvalue weighted by atomic mass is 32.1. The quantitative estimate of drug-likeness (QED) is 0.392. The van der Waals surface area contributed by atoms with Gasteiger partial charge in [0.25, 0.3) is 5.56 Å². The van der Waals surface area contributed by atoms with Crippen molar-refractivity contribution in [1.29, 1.82) is 0 Å². The van der Waals surface area contributed by atoms with E-state index in [0.717, 1.165) is 63.7 Å². The molecule has 0 spiro atoms. The van der Waals surface area contributed by atoms with E-state index >= 15 is 0 Å². The number of aromatic nitrogens is 4. The van der Waals surface area contributed by atoms with Crippen LogP contribution in [0.2, 0.25) is 0 Å². The van der Waals surface area contributed by atoms with E-state index in [9.17, 15) is 4.79 Å². The molecule has 1 aliphatic carbocycles. The molecule has 176 valence electrons. The number of methoxy groups -OCH3 is 1. The van der Waals surface area contributed by atoms with Gasteiger partial charge in [-0.1, -0.05) is 30.3 Å². The maximum Gasteiger partial charge on any atom is 0.262 e. The Bertz CT molecular complexity index is 1580. The number of rotatable bonds is 6. The summed E-state index contributed by atoms with van der Waals surface area (Å²) in [6.07, 6.45) is 7.96. The maximum absolute atomic E-state index is 13.7. The van der Waals surface area contributed by atoms with E-state index in [1.165, 1.54) is 10.4 Å². The highest BCUT2D eigenvalue weighted by Crippen LogP contribution is 2.34. The van der Waals surface area contributed by atoms with Crippen molar-refractivity contribution in [3.63, 3.8) is 0 Å². The van der Waals surface area contributed by atoms with Crippen LogP contribution in [0.5, 0.6) is 5.75 Å². The molecule has 0 amide bonds. The summed E-state index contributed by atoms with van der Waals surface area (Å²) in [6.45, 7) is 1.18. The predicted octanol–water partition coefficient (Wildman–Crippen LogP) is 4.11. The van der Waals surface area contributed by atoms with E-state index in [1.807, 2.05) is 30.3 Å². The zero-order valence-corrected chi connectivity index (χ0v) is 20.2. The Morgan fingerprint density at radius 2 is 2.09 bits per heavy atom. The summed E-state index contributed by atoms with van der Waals surface area (Å²) in [7, 11) is 1.67. The minimum atomic E-state index is 0.0248. The lowest BCUT2D eigenvalue weighted by Crippen LogP contribution is -2.33. The summed E-state index contributed by atoms with van der Waals surface area (Å²) in [5.74, 6) is 0.779. The van der Waals surface area contributed by atoms with Crippen LogP contribution < -0.4 is 15.6 Å². The van der Waals surface area contributed by atoms with Gasteiger partial charge >= 0.3 is 0 Å². The lowest BCUT2D eigenvalue weighted by Gasteiger charge is -2.23. The first-order chi connectivity index (χ1) is 17.2. The van der Waals surface area contributed by atoms with Crippen LogP contribution in [-0.2, 0) is 25.9 Å². The number of aryl methyl sites for hydroxylation is 1. The largest absolute Gasteiger partial charge is 0.496 e. The summed E-state index contributed by atoms with van der Waals surface area (Å²) in [6, 6.07) is 14.5. The van der Waals surface area contributed by atoms with Crippen LogP contribution in [0.25, 0.3) is 21.0 Å². The van der Waals surface area contributed by atoms with Crippen LogP contribution in [-0.4, -0.2) is 32.9 Å². The van der Waals surface area contributed by atoms with E-state index in [1.54, 1.807) is 41.7 Å². The van der Waals surface area contributed by atoms with Gasteiger partial charge in [0.1, 0.15) is 10.6 Å². The molecule has 0 fully saturated rings. The van der Waals surface area contributed by atoms with Crippen LogP contribution in [0.3, 0.4) is 0 Å². The minimum absolute atomic E-state index is 0.0248. The Morgan fingerprint density at radius 3 is 2.94 bits per heavy atom. The third-order valence-corrected chi connectivity index (χ3v) is 7.98. The molecule has 3 heterocycles. The molecule has 0 saturated carbocycles. The average Bonchev–Trinajstić information content (AvgIpc) is 3.28. The Morgan fingerprint density at radius 1 is 1.17 bits per heavy atom. The molecule has 0 bridgehead atoms. The SMILES string of the molecule is COc1ccc2ccccc2c1Cn1cnc2sc3c(c2c1=O)CCC(NCc1ccnnc1)C3. The van der Waals surface area contributed by atoms with Gasteiger partial charge in [0.15, 0.2) is 0 Å². The van der Waals surface area contributed by atoms with E-state index in [0.29, 0.717) is 12.6 Å². The number of hydrogen-bond donors (Lipinski definition) is 1. The van der Waals surface area contributed by atoms with Crippen molar-refractivity contribution in [3.05, 3.63) is 93.1 Å². The first kappa shape index (κ1) is 21.9. The number of ether oxygens (including phenoxy) is 1. The number of thiophene rings is 1. The van der Waals surface area contributed by atoms with E-state index in [2.05, 4.69) is 27.6 Å². The molecule has 35 heavy (non-hydrogen) atoms. The number of nitrogens with one attached hydrogen (secondary N) is 1. The van der Waals surface area contributed by atoms with Crippen LogP contribution in [0, 0.1) is 0 Å². The van der Waals surface area contributed by atoms with Gasteiger partial charge < -0.3 is 10.1 Å². The number of benzene rings is 2. The second-order valence-corrected chi connectivity index (χ2v) is 9.98. The molecule has 0 saturated heterocycles. The van der Waals surface area contributed by atoms with Crippen molar-refractivity contribution in [1.82, 2.24) is 25.1 Å². The van der Waals surface area contributed by atoms with Crippen LogP contribution >= 0.6 is 11.3 Å². The van der Waals surface area contributed by atoms with Crippen molar-refractivity contribution in [3.8, 4) is 5.75 Å². The van der Waals surface area contributed by atoms with Crippen molar-refractivity contribution in [2.45, 2.75) is 38.4 Å². The fourth-order valence-electron chi connectivity index (χ4n) is 5.01. The third kappa shape index (κ3) is 4.09. The van der Waals surface area contributed by atoms with E-state index in [4.69, 9.17) is 9.72 Å². The molecule has 0 aliphatic heterocycles. The van der Waals surface area contributed by atoms with Crippen molar-refractivity contribution >= 4 is 32.3 Å². The molecule has 5 aromatic rings. The van der Waals surface area contributed by atoms with Gasteiger partial charge in [-0.25, -0.2) is 4.98 Å². The fraction of sp³-hybridized carbons (Fsp3) is 0.259. The van der Waals surface area contributed by atoms with Crippen molar-refractivity contribution in [2.24, 2.45) is 0 Å². The topological polar surface area (TPSA) is 81.9 Å². The van der Waals surface area contributed by atoms with Gasteiger partial charge in [-0.05, 0) is 53.3 Å². The Hall–Kier alpha value is -3.62. The van der Waals surface area contributed by atoms with Gasteiger partial charge in [0, 0.05) is 29.2 Å². The molecule has 2 aromatic carbocycles. The minimum Gasteiger partial charge on any atom is -0.496 e. The van der Waals surface area contributed by atoms with Crippen LogP contribution in [0.15, 0.2) is 66.0 Å². The molecule has 1 N–H and O–H groups in total. The molecular weight excluding hydrogens is 458 g/mol. The highest BCUT2D eigenvalue weighted by molar-refractivity contribution is 7.18. The van der Waals surface area contributed by atoms with Crippen LogP contribution in [0.1, 0.15) is 28.0 Å². The molecule has 3 aromatic heterocycles. The second-order valence-electron chi connectivity index (χ2n) is 8.90. The smallest absolute Gasteiger partial charge is 0.262 e. The summed E-state index contributed by atoms with van der Waals surface area (Å²) in [4.78, 5) is 20.5. The number of nitrogens with zero attached hydrogens (tertiary/aromatic N) is 4. The molecule has 1 aliphatic rings. The van der Waals surface area contributed by atoms with Gasteiger partial charge in [-0.3, -0.25) is 9.36 Å². The molecule has 0 radical (unpaired) electrons. The van der Waals surface area contributed by atoms with Crippen LogP contribution in [0.4, 0.5) is 0 Å². The van der Waals surface area contributed by atoms with Gasteiger partial charge in [-0.2, -0.15) is 10.2 Å². The normalized spacial score (nSPS) is 15.4. The highest BCUT2D eigenvalue weighted by Gasteiger charge is 2.25.